The molecular weight excluding hydrogens is 282 g/mol. The number of hydrogen-bond donors (Lipinski definition) is 1. The highest BCUT2D eigenvalue weighted by Crippen LogP contribution is 2.31. The minimum atomic E-state index is 0.479. The molecule has 21 heavy (non-hydrogen) atoms. The highest BCUT2D eigenvalue weighted by atomic mass is 35.5. The van der Waals surface area contributed by atoms with E-state index >= 15 is 0 Å². The molecule has 1 aromatic rings. The van der Waals surface area contributed by atoms with E-state index in [9.17, 15) is 0 Å². The second-order valence-corrected chi connectivity index (χ2v) is 6.61. The standard InChI is InChI=1S/C17H28ClN3/c1-5-20-9-10-21(12-14(20)4)17-15(11-19-13(2)3)7-6-8-16(17)18/h6-8,13-14,19H,5,9-12H2,1-4H3. The van der Waals surface area contributed by atoms with Crippen molar-refractivity contribution in [3.8, 4) is 0 Å². The molecule has 1 fully saturated rings. The average molecular weight is 310 g/mol. The van der Waals surface area contributed by atoms with Gasteiger partial charge in [-0.25, -0.2) is 0 Å². The van der Waals surface area contributed by atoms with Crippen molar-refractivity contribution in [3.05, 3.63) is 28.8 Å². The summed E-state index contributed by atoms with van der Waals surface area (Å²) in [7, 11) is 0. The monoisotopic (exact) mass is 309 g/mol. The van der Waals surface area contributed by atoms with Crippen LogP contribution in [0.2, 0.25) is 5.02 Å². The van der Waals surface area contributed by atoms with Crippen LogP contribution in [0.15, 0.2) is 18.2 Å². The van der Waals surface area contributed by atoms with Crippen LogP contribution in [0, 0.1) is 0 Å². The summed E-state index contributed by atoms with van der Waals surface area (Å²) >= 11 is 6.51. The Kier molecular flexibility index (Phi) is 5.91. The maximum absolute atomic E-state index is 6.51. The van der Waals surface area contributed by atoms with E-state index in [1.807, 2.05) is 6.07 Å². The lowest BCUT2D eigenvalue weighted by Gasteiger charge is -2.41. The molecule has 1 aliphatic rings. The van der Waals surface area contributed by atoms with Gasteiger partial charge in [0.25, 0.3) is 0 Å². The third-order valence-corrected chi connectivity index (χ3v) is 4.56. The summed E-state index contributed by atoms with van der Waals surface area (Å²) in [4.78, 5) is 4.98. The van der Waals surface area contributed by atoms with E-state index < -0.39 is 0 Å². The Morgan fingerprint density at radius 3 is 2.71 bits per heavy atom. The summed E-state index contributed by atoms with van der Waals surface area (Å²) in [5.74, 6) is 0. The van der Waals surface area contributed by atoms with Crippen LogP contribution in [0.3, 0.4) is 0 Å². The van der Waals surface area contributed by atoms with Crippen LogP contribution in [0.25, 0.3) is 0 Å². The smallest absolute Gasteiger partial charge is 0.0642 e. The number of nitrogens with zero attached hydrogens (tertiary/aromatic N) is 2. The van der Waals surface area contributed by atoms with Gasteiger partial charge in [-0.05, 0) is 25.1 Å². The molecule has 0 spiro atoms. The fourth-order valence-corrected chi connectivity index (χ4v) is 3.35. The van der Waals surface area contributed by atoms with Gasteiger partial charge in [0.05, 0.1) is 10.7 Å². The number of para-hydroxylation sites is 1. The number of rotatable bonds is 5. The van der Waals surface area contributed by atoms with Gasteiger partial charge in [-0.1, -0.05) is 44.5 Å². The first-order chi connectivity index (χ1) is 10.0. The molecule has 1 atom stereocenters. The van der Waals surface area contributed by atoms with Crippen LogP contribution in [0.4, 0.5) is 5.69 Å². The van der Waals surface area contributed by atoms with Crippen molar-refractivity contribution in [2.45, 2.75) is 46.3 Å². The number of piperazine rings is 1. The van der Waals surface area contributed by atoms with Gasteiger partial charge in [-0.2, -0.15) is 0 Å². The maximum atomic E-state index is 6.51. The highest BCUT2D eigenvalue weighted by molar-refractivity contribution is 6.33. The van der Waals surface area contributed by atoms with E-state index in [-0.39, 0.29) is 0 Å². The van der Waals surface area contributed by atoms with Crippen molar-refractivity contribution in [2.75, 3.05) is 31.1 Å². The molecule has 3 nitrogen and oxygen atoms in total. The van der Waals surface area contributed by atoms with Gasteiger partial charge >= 0.3 is 0 Å². The largest absolute Gasteiger partial charge is 0.367 e. The highest BCUT2D eigenvalue weighted by Gasteiger charge is 2.25. The quantitative estimate of drug-likeness (QED) is 0.899. The van der Waals surface area contributed by atoms with Crippen LogP contribution < -0.4 is 10.2 Å². The van der Waals surface area contributed by atoms with Gasteiger partial charge in [0.2, 0.25) is 0 Å². The predicted molar refractivity (Wildman–Crippen MR) is 92.3 cm³/mol. The molecule has 0 radical (unpaired) electrons. The molecule has 1 unspecified atom stereocenters. The molecule has 118 valence electrons. The third kappa shape index (κ3) is 4.12. The zero-order valence-electron chi connectivity index (χ0n) is 13.7. The summed E-state index contributed by atoms with van der Waals surface area (Å²) in [6, 6.07) is 7.30. The molecule has 1 heterocycles. The number of benzene rings is 1. The third-order valence-electron chi connectivity index (χ3n) is 4.26. The number of nitrogens with one attached hydrogen (secondary N) is 1. The minimum absolute atomic E-state index is 0.479. The van der Waals surface area contributed by atoms with Gasteiger partial charge in [-0.3, -0.25) is 4.90 Å². The SMILES string of the molecule is CCN1CCN(c2c(Cl)cccc2CNC(C)C)CC1C. The van der Waals surface area contributed by atoms with Crippen LogP contribution in [0.5, 0.6) is 0 Å². The van der Waals surface area contributed by atoms with Gasteiger partial charge < -0.3 is 10.2 Å². The second kappa shape index (κ2) is 7.48. The molecule has 0 saturated carbocycles. The zero-order chi connectivity index (χ0) is 15.4. The number of halogens is 1. The lowest BCUT2D eigenvalue weighted by Crippen LogP contribution is -2.52. The van der Waals surface area contributed by atoms with Gasteiger partial charge in [-0.15, -0.1) is 0 Å². The summed E-state index contributed by atoms with van der Waals surface area (Å²) < 4.78 is 0. The van der Waals surface area contributed by atoms with Crippen LogP contribution in [-0.2, 0) is 6.54 Å². The molecule has 0 aromatic heterocycles. The Balaban J connectivity index is 2.18. The van der Waals surface area contributed by atoms with E-state index in [1.165, 1.54) is 11.3 Å². The van der Waals surface area contributed by atoms with Crippen LogP contribution >= 0.6 is 11.6 Å². The van der Waals surface area contributed by atoms with E-state index in [0.29, 0.717) is 12.1 Å². The van der Waals surface area contributed by atoms with Crippen molar-refractivity contribution >= 4 is 17.3 Å². The van der Waals surface area contributed by atoms with Crippen molar-refractivity contribution in [3.63, 3.8) is 0 Å². The first kappa shape index (κ1) is 16.6. The van der Waals surface area contributed by atoms with Crippen LogP contribution in [0.1, 0.15) is 33.3 Å². The Hall–Kier alpha value is -0.770. The fraction of sp³-hybridized carbons (Fsp3) is 0.647. The molecule has 0 amide bonds. The Bertz CT molecular complexity index is 461. The van der Waals surface area contributed by atoms with E-state index in [4.69, 9.17) is 11.6 Å². The first-order valence-electron chi connectivity index (χ1n) is 8.02. The van der Waals surface area contributed by atoms with Gasteiger partial charge in [0, 0.05) is 38.3 Å². The van der Waals surface area contributed by atoms with Crippen molar-refractivity contribution in [1.29, 1.82) is 0 Å². The second-order valence-electron chi connectivity index (χ2n) is 6.21. The van der Waals surface area contributed by atoms with Crippen molar-refractivity contribution < 1.29 is 0 Å². The summed E-state index contributed by atoms with van der Waals surface area (Å²) in [5.41, 5.74) is 2.52. The normalized spacial score (nSPS) is 20.3. The van der Waals surface area contributed by atoms with Gasteiger partial charge in [0.1, 0.15) is 0 Å². The average Bonchev–Trinajstić information content (AvgIpc) is 2.45. The van der Waals surface area contributed by atoms with E-state index in [2.05, 4.69) is 54.9 Å². The summed E-state index contributed by atoms with van der Waals surface area (Å²) in [6.07, 6.45) is 0. The molecule has 1 saturated heterocycles. The Morgan fingerprint density at radius 1 is 1.33 bits per heavy atom. The fourth-order valence-electron chi connectivity index (χ4n) is 3.04. The molecule has 1 N–H and O–H groups in total. The molecular formula is C17H28ClN3. The maximum Gasteiger partial charge on any atom is 0.0642 e. The molecule has 1 aliphatic heterocycles. The lowest BCUT2D eigenvalue weighted by atomic mass is 10.1. The summed E-state index contributed by atoms with van der Waals surface area (Å²) in [5, 5.41) is 4.37. The number of hydrogen-bond acceptors (Lipinski definition) is 3. The first-order valence-corrected chi connectivity index (χ1v) is 8.40. The molecule has 0 aliphatic carbocycles. The van der Waals surface area contributed by atoms with Gasteiger partial charge in [0.15, 0.2) is 0 Å². The molecule has 2 rings (SSSR count). The Labute approximate surface area is 134 Å². The topological polar surface area (TPSA) is 18.5 Å². The van der Waals surface area contributed by atoms with Crippen molar-refractivity contribution in [2.24, 2.45) is 0 Å². The number of anilines is 1. The van der Waals surface area contributed by atoms with Crippen molar-refractivity contribution in [1.82, 2.24) is 10.2 Å². The van der Waals surface area contributed by atoms with E-state index in [0.717, 1.165) is 37.7 Å². The molecule has 4 heteroatoms. The molecule has 0 bridgehead atoms. The lowest BCUT2D eigenvalue weighted by molar-refractivity contribution is 0.199. The zero-order valence-corrected chi connectivity index (χ0v) is 14.5. The predicted octanol–water partition coefficient (Wildman–Crippen LogP) is 3.37. The summed E-state index contributed by atoms with van der Waals surface area (Å²) in [6.45, 7) is 14.1. The van der Waals surface area contributed by atoms with E-state index in [1.54, 1.807) is 0 Å². The number of likely N-dealkylation sites (N-methyl/N-ethyl adjacent to an activating group) is 1. The Morgan fingerprint density at radius 2 is 2.10 bits per heavy atom. The molecule has 1 aromatic carbocycles. The minimum Gasteiger partial charge on any atom is -0.367 e. The van der Waals surface area contributed by atoms with Crippen LogP contribution in [-0.4, -0.2) is 43.2 Å².